The number of nitrogens with zero attached hydrogens (tertiary/aromatic N) is 2. The van der Waals surface area contributed by atoms with Crippen LogP contribution in [0.3, 0.4) is 0 Å². The molecule has 23 heavy (non-hydrogen) atoms. The van der Waals surface area contributed by atoms with Gasteiger partial charge in [-0.05, 0) is 29.3 Å². The van der Waals surface area contributed by atoms with E-state index in [4.69, 9.17) is 15.2 Å². The van der Waals surface area contributed by atoms with Crippen LogP contribution in [-0.2, 0) is 17.9 Å². The van der Waals surface area contributed by atoms with E-state index in [0.29, 0.717) is 32.2 Å². The Morgan fingerprint density at radius 2 is 1.87 bits per heavy atom. The second kappa shape index (κ2) is 7.39. The fourth-order valence-corrected chi connectivity index (χ4v) is 2.43. The van der Waals surface area contributed by atoms with Gasteiger partial charge in [0, 0.05) is 25.7 Å². The maximum absolute atomic E-state index is 12.9. The Kier molecular flexibility index (Phi) is 5.05. The van der Waals surface area contributed by atoms with E-state index in [0.717, 1.165) is 30.0 Å². The normalized spacial score (nSPS) is 14.8. The molecule has 0 aliphatic carbocycles. The lowest BCUT2D eigenvalue weighted by molar-refractivity contribution is 0.122. The van der Waals surface area contributed by atoms with Crippen molar-refractivity contribution in [3.63, 3.8) is 0 Å². The number of rotatable bonds is 5. The van der Waals surface area contributed by atoms with Gasteiger partial charge in [0.25, 0.3) is 0 Å². The highest BCUT2D eigenvalue weighted by Crippen LogP contribution is 2.21. The zero-order valence-corrected chi connectivity index (χ0v) is 12.9. The summed E-state index contributed by atoms with van der Waals surface area (Å²) in [4.78, 5) is 6.72. The monoisotopic (exact) mass is 317 g/mol. The van der Waals surface area contributed by atoms with Crippen molar-refractivity contribution in [2.45, 2.75) is 13.2 Å². The van der Waals surface area contributed by atoms with Gasteiger partial charge in [0.05, 0.1) is 13.2 Å². The van der Waals surface area contributed by atoms with Gasteiger partial charge < -0.3 is 20.1 Å². The molecule has 0 unspecified atom stereocenters. The van der Waals surface area contributed by atoms with E-state index in [1.165, 1.54) is 12.1 Å². The number of halogens is 1. The van der Waals surface area contributed by atoms with Gasteiger partial charge in [0.1, 0.15) is 18.2 Å². The molecular formula is C17H20FN3O2. The topological polar surface area (TPSA) is 60.6 Å². The minimum atomic E-state index is -0.258. The lowest BCUT2D eigenvalue weighted by Gasteiger charge is -2.28. The fraction of sp³-hybridized carbons (Fsp3) is 0.353. The summed E-state index contributed by atoms with van der Waals surface area (Å²) in [5, 5.41) is 0. The van der Waals surface area contributed by atoms with E-state index in [1.807, 2.05) is 12.1 Å². The van der Waals surface area contributed by atoms with Crippen LogP contribution in [0, 0.1) is 5.82 Å². The first-order valence-corrected chi connectivity index (χ1v) is 7.65. The second-order valence-electron chi connectivity index (χ2n) is 5.39. The Bertz CT molecular complexity index is 643. The molecule has 1 aliphatic rings. The maximum atomic E-state index is 12.9. The number of hydrogen-bond acceptors (Lipinski definition) is 5. The van der Waals surface area contributed by atoms with Gasteiger partial charge in [0.15, 0.2) is 0 Å². The molecule has 0 amide bonds. The third-order valence-corrected chi connectivity index (χ3v) is 3.72. The first-order chi connectivity index (χ1) is 11.2. The minimum absolute atomic E-state index is 0.258. The summed E-state index contributed by atoms with van der Waals surface area (Å²) in [5.41, 5.74) is 7.63. The molecule has 122 valence electrons. The predicted octanol–water partition coefficient (Wildman–Crippen LogP) is 2.10. The summed E-state index contributed by atoms with van der Waals surface area (Å²) in [6.07, 6.45) is 0. The van der Waals surface area contributed by atoms with Crippen molar-refractivity contribution in [1.82, 2.24) is 4.98 Å². The highest BCUT2D eigenvalue weighted by molar-refractivity contribution is 5.44. The summed E-state index contributed by atoms with van der Waals surface area (Å²) in [5.74, 6) is 1.12. The molecule has 1 fully saturated rings. The van der Waals surface area contributed by atoms with Crippen molar-refractivity contribution in [3.8, 4) is 5.88 Å². The molecule has 0 saturated carbocycles. The van der Waals surface area contributed by atoms with Crippen LogP contribution in [-0.4, -0.2) is 31.3 Å². The molecule has 3 rings (SSSR count). The van der Waals surface area contributed by atoms with Crippen molar-refractivity contribution < 1.29 is 13.9 Å². The standard InChI is InChI=1S/C17H20FN3O2/c18-15-3-1-13(2-4-15)12-23-17-10-14(11-19)9-16(20-17)21-5-7-22-8-6-21/h1-4,9-10H,5-8,11-12,19H2. The van der Waals surface area contributed by atoms with E-state index in [-0.39, 0.29) is 5.82 Å². The van der Waals surface area contributed by atoms with Gasteiger partial charge in [-0.1, -0.05) is 12.1 Å². The lowest BCUT2D eigenvalue weighted by Crippen LogP contribution is -2.36. The van der Waals surface area contributed by atoms with Crippen LogP contribution in [0.5, 0.6) is 5.88 Å². The van der Waals surface area contributed by atoms with Gasteiger partial charge in [-0.15, -0.1) is 0 Å². The number of hydrogen-bond donors (Lipinski definition) is 1. The van der Waals surface area contributed by atoms with Crippen molar-refractivity contribution in [3.05, 3.63) is 53.3 Å². The molecule has 2 N–H and O–H groups in total. The molecule has 0 bridgehead atoms. The van der Waals surface area contributed by atoms with Crippen LogP contribution in [0.15, 0.2) is 36.4 Å². The van der Waals surface area contributed by atoms with Crippen molar-refractivity contribution in [2.24, 2.45) is 5.73 Å². The number of nitrogens with two attached hydrogens (primary N) is 1. The second-order valence-corrected chi connectivity index (χ2v) is 5.39. The number of aromatic nitrogens is 1. The molecule has 1 aliphatic heterocycles. The summed E-state index contributed by atoms with van der Waals surface area (Å²) < 4.78 is 24.1. The third kappa shape index (κ3) is 4.18. The average molecular weight is 317 g/mol. The molecular weight excluding hydrogens is 297 g/mol. The molecule has 0 radical (unpaired) electrons. The van der Waals surface area contributed by atoms with Gasteiger partial charge in [-0.2, -0.15) is 4.98 Å². The highest BCUT2D eigenvalue weighted by atomic mass is 19.1. The lowest BCUT2D eigenvalue weighted by atomic mass is 10.2. The Morgan fingerprint density at radius 1 is 1.13 bits per heavy atom. The predicted molar refractivity (Wildman–Crippen MR) is 85.9 cm³/mol. The van der Waals surface area contributed by atoms with Gasteiger partial charge in [0.2, 0.25) is 5.88 Å². The van der Waals surface area contributed by atoms with E-state index < -0.39 is 0 Å². The molecule has 2 aromatic rings. The van der Waals surface area contributed by atoms with Crippen LogP contribution in [0.2, 0.25) is 0 Å². The number of benzene rings is 1. The number of morpholine rings is 1. The number of ether oxygens (including phenoxy) is 2. The highest BCUT2D eigenvalue weighted by Gasteiger charge is 2.14. The molecule has 5 nitrogen and oxygen atoms in total. The SMILES string of the molecule is NCc1cc(OCc2ccc(F)cc2)nc(N2CCOCC2)c1. The Morgan fingerprint density at radius 3 is 2.57 bits per heavy atom. The molecule has 1 saturated heterocycles. The van der Waals surface area contributed by atoms with E-state index in [9.17, 15) is 4.39 Å². The Balaban J connectivity index is 1.73. The van der Waals surface area contributed by atoms with Gasteiger partial charge in [-0.25, -0.2) is 4.39 Å². The molecule has 0 spiro atoms. The Labute approximate surface area is 134 Å². The number of pyridine rings is 1. The van der Waals surface area contributed by atoms with Crippen molar-refractivity contribution in [2.75, 3.05) is 31.2 Å². The first-order valence-electron chi connectivity index (χ1n) is 7.65. The zero-order valence-electron chi connectivity index (χ0n) is 12.9. The van der Waals surface area contributed by atoms with Crippen LogP contribution in [0.4, 0.5) is 10.2 Å². The summed E-state index contributed by atoms with van der Waals surface area (Å²) >= 11 is 0. The average Bonchev–Trinajstić information content (AvgIpc) is 2.61. The summed E-state index contributed by atoms with van der Waals surface area (Å²) in [6.45, 7) is 3.76. The molecule has 1 aromatic heterocycles. The van der Waals surface area contributed by atoms with E-state index in [1.54, 1.807) is 12.1 Å². The van der Waals surface area contributed by atoms with Crippen molar-refractivity contribution in [1.29, 1.82) is 0 Å². The van der Waals surface area contributed by atoms with Crippen LogP contribution >= 0.6 is 0 Å². The first kappa shape index (κ1) is 15.7. The smallest absolute Gasteiger partial charge is 0.215 e. The van der Waals surface area contributed by atoms with Gasteiger partial charge in [-0.3, -0.25) is 0 Å². The quantitative estimate of drug-likeness (QED) is 0.915. The van der Waals surface area contributed by atoms with Gasteiger partial charge >= 0.3 is 0 Å². The van der Waals surface area contributed by atoms with Crippen LogP contribution in [0.25, 0.3) is 0 Å². The summed E-state index contributed by atoms with van der Waals surface area (Å²) in [6, 6.07) is 10.1. The van der Waals surface area contributed by atoms with E-state index in [2.05, 4.69) is 9.88 Å². The third-order valence-electron chi connectivity index (χ3n) is 3.72. The molecule has 2 heterocycles. The molecule has 1 aromatic carbocycles. The minimum Gasteiger partial charge on any atom is -0.473 e. The largest absolute Gasteiger partial charge is 0.473 e. The molecule has 6 heteroatoms. The van der Waals surface area contributed by atoms with Crippen LogP contribution < -0.4 is 15.4 Å². The van der Waals surface area contributed by atoms with Crippen molar-refractivity contribution >= 4 is 5.82 Å². The van der Waals surface area contributed by atoms with E-state index >= 15 is 0 Å². The Hall–Kier alpha value is -2.18. The number of anilines is 1. The summed E-state index contributed by atoms with van der Waals surface area (Å²) in [7, 11) is 0. The molecule has 0 atom stereocenters. The van der Waals surface area contributed by atoms with Crippen LogP contribution in [0.1, 0.15) is 11.1 Å². The maximum Gasteiger partial charge on any atom is 0.215 e. The zero-order chi connectivity index (χ0) is 16.1. The fourth-order valence-electron chi connectivity index (χ4n) is 2.43.